The van der Waals surface area contributed by atoms with E-state index in [1.807, 2.05) is 0 Å². The minimum atomic E-state index is 0.514. The molecule has 5 heavy (non-hydrogen) atoms. The summed E-state index contributed by atoms with van der Waals surface area (Å²) in [5, 5.41) is 0. The summed E-state index contributed by atoms with van der Waals surface area (Å²) in [5.41, 5.74) is 6.09. The van der Waals surface area contributed by atoms with Crippen molar-refractivity contribution < 1.29 is 0 Å². The molecule has 0 heterocycles. The topological polar surface area (TPSA) is 26.0 Å². The molecule has 1 fully saturated rings. The standard InChI is InChI=1S/C3H8NP/c4-2-1-3(2)5/h2-3H,1,4-5H2/t2-,3?/m0/s1. The molecule has 1 aliphatic rings. The number of rotatable bonds is 0. The van der Waals surface area contributed by atoms with Gasteiger partial charge in [0, 0.05) is 6.04 Å². The third kappa shape index (κ3) is 0.614. The summed E-state index contributed by atoms with van der Waals surface area (Å²) in [6, 6.07) is 0.514. The van der Waals surface area contributed by atoms with Crippen molar-refractivity contribution in [3.8, 4) is 0 Å². The number of hydrogen-bond donors (Lipinski definition) is 1. The van der Waals surface area contributed by atoms with Gasteiger partial charge in [-0.3, -0.25) is 0 Å². The molecule has 0 saturated heterocycles. The summed E-state index contributed by atoms with van der Waals surface area (Å²) in [5.74, 6) is 0. The summed E-state index contributed by atoms with van der Waals surface area (Å²) in [6.45, 7) is 0. The Balaban J connectivity index is 2.20. The molecular weight excluding hydrogens is 81.0 g/mol. The van der Waals surface area contributed by atoms with Crippen LogP contribution in [0.25, 0.3) is 0 Å². The largest absolute Gasteiger partial charge is 0.327 e. The van der Waals surface area contributed by atoms with E-state index < -0.39 is 0 Å². The molecule has 3 atom stereocenters. The van der Waals surface area contributed by atoms with Crippen LogP contribution in [0.3, 0.4) is 0 Å². The van der Waals surface area contributed by atoms with Gasteiger partial charge in [-0.2, -0.15) is 0 Å². The molecule has 0 radical (unpaired) electrons. The van der Waals surface area contributed by atoms with E-state index in [2.05, 4.69) is 9.24 Å². The molecule has 2 N–H and O–H groups in total. The minimum absolute atomic E-state index is 0.514. The van der Waals surface area contributed by atoms with E-state index in [4.69, 9.17) is 5.73 Å². The predicted octanol–water partition coefficient (Wildman–Crippen LogP) is -0.0389. The highest BCUT2D eigenvalue weighted by atomic mass is 31.0. The zero-order chi connectivity index (χ0) is 3.86. The third-order valence-corrected chi connectivity index (χ3v) is 1.66. The number of nitrogens with two attached hydrogens (primary N) is 1. The lowest BCUT2D eigenvalue weighted by molar-refractivity contribution is 1.08. The molecule has 0 bridgehead atoms. The first-order chi connectivity index (χ1) is 2.30. The van der Waals surface area contributed by atoms with Gasteiger partial charge in [0.1, 0.15) is 0 Å². The maximum atomic E-state index is 5.34. The quantitative estimate of drug-likeness (QED) is 0.414. The molecule has 2 heteroatoms. The predicted molar refractivity (Wildman–Crippen MR) is 26.1 cm³/mol. The van der Waals surface area contributed by atoms with Crippen LogP contribution in [-0.4, -0.2) is 11.7 Å². The van der Waals surface area contributed by atoms with Crippen LogP contribution in [0, 0.1) is 0 Å². The molecule has 1 aliphatic carbocycles. The highest BCUT2D eigenvalue weighted by Crippen LogP contribution is 2.26. The van der Waals surface area contributed by atoms with Crippen molar-refractivity contribution in [1.29, 1.82) is 0 Å². The SMILES string of the molecule is N[C@H]1CC1P. The summed E-state index contributed by atoms with van der Waals surface area (Å²) in [4.78, 5) is 0. The van der Waals surface area contributed by atoms with Crippen molar-refractivity contribution in [2.45, 2.75) is 18.1 Å². The molecule has 0 aliphatic heterocycles. The second-order valence-electron chi connectivity index (χ2n) is 1.56. The van der Waals surface area contributed by atoms with Crippen LogP contribution in [0.5, 0.6) is 0 Å². The summed E-state index contributed by atoms with van der Waals surface area (Å²) >= 11 is 0. The van der Waals surface area contributed by atoms with E-state index in [1.165, 1.54) is 6.42 Å². The second-order valence-corrected chi connectivity index (χ2v) is 2.42. The molecule has 0 aromatic rings. The van der Waals surface area contributed by atoms with Crippen LogP contribution in [-0.2, 0) is 0 Å². The molecule has 0 amide bonds. The Labute approximate surface area is 34.1 Å². The average Bonchev–Trinajstić information content (AvgIpc) is 1.79. The first kappa shape index (κ1) is 3.58. The van der Waals surface area contributed by atoms with Gasteiger partial charge >= 0.3 is 0 Å². The molecule has 1 nitrogen and oxygen atoms in total. The zero-order valence-corrected chi connectivity index (χ0v) is 4.17. The van der Waals surface area contributed by atoms with Gasteiger partial charge < -0.3 is 5.73 Å². The maximum absolute atomic E-state index is 5.34. The highest BCUT2D eigenvalue weighted by molar-refractivity contribution is 7.18. The van der Waals surface area contributed by atoms with E-state index in [9.17, 15) is 0 Å². The van der Waals surface area contributed by atoms with Crippen molar-refractivity contribution in [1.82, 2.24) is 0 Å². The molecular formula is C3H8NP. The van der Waals surface area contributed by atoms with Crippen molar-refractivity contribution in [2.24, 2.45) is 5.73 Å². The van der Waals surface area contributed by atoms with Crippen molar-refractivity contribution in [3.63, 3.8) is 0 Å². The Hall–Kier alpha value is 0.390. The Morgan fingerprint density at radius 1 is 1.80 bits per heavy atom. The van der Waals surface area contributed by atoms with Crippen LogP contribution < -0.4 is 5.73 Å². The van der Waals surface area contributed by atoms with Gasteiger partial charge in [-0.1, -0.05) is 0 Å². The van der Waals surface area contributed by atoms with Crippen LogP contribution >= 0.6 is 9.24 Å². The monoisotopic (exact) mass is 89.0 g/mol. The van der Waals surface area contributed by atoms with Crippen LogP contribution in [0.2, 0.25) is 0 Å². The van der Waals surface area contributed by atoms with Gasteiger partial charge in [-0.05, 0) is 12.1 Å². The lowest BCUT2D eigenvalue weighted by Crippen LogP contribution is -1.99. The third-order valence-electron chi connectivity index (χ3n) is 0.891. The fourth-order valence-corrected chi connectivity index (χ4v) is 0.550. The zero-order valence-electron chi connectivity index (χ0n) is 3.02. The van der Waals surface area contributed by atoms with E-state index in [1.54, 1.807) is 0 Å². The average molecular weight is 89.1 g/mol. The van der Waals surface area contributed by atoms with Crippen molar-refractivity contribution >= 4 is 9.24 Å². The fraction of sp³-hybridized carbons (Fsp3) is 1.00. The van der Waals surface area contributed by atoms with E-state index in [-0.39, 0.29) is 0 Å². The summed E-state index contributed by atoms with van der Waals surface area (Å²) < 4.78 is 0. The van der Waals surface area contributed by atoms with Crippen LogP contribution in [0.4, 0.5) is 0 Å². The second kappa shape index (κ2) is 0.924. The first-order valence-corrected chi connectivity index (χ1v) is 2.48. The maximum Gasteiger partial charge on any atom is 0.0109 e. The molecule has 1 saturated carbocycles. The Bertz CT molecular complexity index is 40.2. The molecule has 2 unspecified atom stereocenters. The molecule has 0 spiro atoms. The van der Waals surface area contributed by atoms with Gasteiger partial charge in [-0.15, -0.1) is 9.24 Å². The van der Waals surface area contributed by atoms with Gasteiger partial charge in [0.2, 0.25) is 0 Å². The Kier molecular flexibility index (Phi) is 0.661. The fourth-order valence-electron chi connectivity index (χ4n) is 0.236. The van der Waals surface area contributed by atoms with E-state index in [0.29, 0.717) is 6.04 Å². The lowest BCUT2D eigenvalue weighted by atomic mass is 10.8. The highest BCUT2D eigenvalue weighted by Gasteiger charge is 2.27. The molecule has 0 aromatic heterocycles. The summed E-state index contributed by atoms with van der Waals surface area (Å²) in [7, 11) is 2.68. The van der Waals surface area contributed by atoms with Gasteiger partial charge in [0.25, 0.3) is 0 Å². The molecule has 30 valence electrons. The van der Waals surface area contributed by atoms with Crippen LogP contribution in [0.1, 0.15) is 6.42 Å². The first-order valence-electron chi connectivity index (χ1n) is 1.82. The molecule has 0 aromatic carbocycles. The Morgan fingerprint density at radius 2 is 2.00 bits per heavy atom. The summed E-state index contributed by atoms with van der Waals surface area (Å²) in [6.07, 6.45) is 1.21. The normalized spacial score (nSPS) is 49.2. The molecule has 1 rings (SSSR count). The van der Waals surface area contributed by atoms with Gasteiger partial charge in [0.15, 0.2) is 0 Å². The number of hydrogen-bond acceptors (Lipinski definition) is 1. The minimum Gasteiger partial charge on any atom is -0.327 e. The lowest BCUT2D eigenvalue weighted by Gasteiger charge is -1.69. The van der Waals surface area contributed by atoms with E-state index in [0.717, 1.165) is 5.66 Å². The van der Waals surface area contributed by atoms with Crippen molar-refractivity contribution in [3.05, 3.63) is 0 Å². The van der Waals surface area contributed by atoms with Crippen molar-refractivity contribution in [2.75, 3.05) is 0 Å². The smallest absolute Gasteiger partial charge is 0.0109 e. The Morgan fingerprint density at radius 3 is 2.00 bits per heavy atom. The van der Waals surface area contributed by atoms with Crippen LogP contribution in [0.15, 0.2) is 0 Å². The van der Waals surface area contributed by atoms with Gasteiger partial charge in [-0.25, -0.2) is 0 Å². The van der Waals surface area contributed by atoms with Gasteiger partial charge in [0.05, 0.1) is 0 Å². The van der Waals surface area contributed by atoms with E-state index >= 15 is 0 Å².